The molecule has 0 saturated carbocycles. The number of amides is 1. The number of carbonyl (C=O) groups is 1. The van der Waals surface area contributed by atoms with E-state index in [2.05, 4.69) is 22.0 Å². The van der Waals surface area contributed by atoms with Gasteiger partial charge in [0.15, 0.2) is 0 Å². The fraction of sp³-hybridized carbons (Fsp3) is 0.500. The molecule has 1 fully saturated rings. The number of anilines is 2. The zero-order valence-electron chi connectivity index (χ0n) is 10.9. The molecular formula is C14H19N3O2. The van der Waals surface area contributed by atoms with Crippen molar-refractivity contribution in [2.45, 2.75) is 18.9 Å². The molecule has 5 nitrogen and oxygen atoms in total. The van der Waals surface area contributed by atoms with Crippen molar-refractivity contribution in [3.8, 4) is 0 Å². The van der Waals surface area contributed by atoms with Crippen molar-refractivity contribution in [3.63, 3.8) is 0 Å². The summed E-state index contributed by atoms with van der Waals surface area (Å²) in [4.78, 5) is 11.3. The number of morpholine rings is 1. The van der Waals surface area contributed by atoms with Crippen molar-refractivity contribution < 1.29 is 9.53 Å². The van der Waals surface area contributed by atoms with E-state index >= 15 is 0 Å². The van der Waals surface area contributed by atoms with Crippen molar-refractivity contribution in [2.24, 2.45) is 0 Å². The molecule has 1 aromatic carbocycles. The first kappa shape index (κ1) is 12.4. The predicted molar refractivity (Wildman–Crippen MR) is 74.5 cm³/mol. The Morgan fingerprint density at radius 1 is 1.37 bits per heavy atom. The van der Waals surface area contributed by atoms with E-state index in [0.717, 1.165) is 44.1 Å². The second-order valence-corrected chi connectivity index (χ2v) is 5.03. The molecule has 1 amide bonds. The van der Waals surface area contributed by atoms with E-state index in [0.29, 0.717) is 12.5 Å². The molecule has 1 saturated heterocycles. The van der Waals surface area contributed by atoms with Gasteiger partial charge in [0, 0.05) is 36.9 Å². The lowest BCUT2D eigenvalue weighted by Gasteiger charge is -2.25. The third kappa shape index (κ3) is 3.05. The minimum absolute atomic E-state index is 0.108. The standard InChI is InChI=1S/C14H19N3O2/c18-14-4-1-10-7-11(2-3-13(10)17-14)16-8-12-9-19-6-5-15-12/h2-3,7,12,15-16H,1,4-6,8-9H2,(H,17,18). The summed E-state index contributed by atoms with van der Waals surface area (Å²) in [5.41, 5.74) is 3.25. The maximum Gasteiger partial charge on any atom is 0.224 e. The summed E-state index contributed by atoms with van der Waals surface area (Å²) in [6.07, 6.45) is 1.40. The molecule has 3 N–H and O–H groups in total. The number of benzene rings is 1. The minimum Gasteiger partial charge on any atom is -0.383 e. The van der Waals surface area contributed by atoms with Crippen molar-refractivity contribution in [1.29, 1.82) is 0 Å². The molecule has 0 aliphatic carbocycles. The monoisotopic (exact) mass is 261 g/mol. The summed E-state index contributed by atoms with van der Waals surface area (Å²) >= 11 is 0. The Morgan fingerprint density at radius 3 is 3.16 bits per heavy atom. The van der Waals surface area contributed by atoms with E-state index in [1.165, 1.54) is 5.56 Å². The topological polar surface area (TPSA) is 62.4 Å². The van der Waals surface area contributed by atoms with Crippen LogP contribution in [-0.4, -0.2) is 38.3 Å². The van der Waals surface area contributed by atoms with Crippen LogP contribution in [0.25, 0.3) is 0 Å². The lowest BCUT2D eigenvalue weighted by Crippen LogP contribution is -2.45. The molecule has 1 atom stereocenters. The highest BCUT2D eigenvalue weighted by Gasteiger charge is 2.16. The zero-order chi connectivity index (χ0) is 13.1. The van der Waals surface area contributed by atoms with Crippen molar-refractivity contribution >= 4 is 17.3 Å². The molecule has 102 valence electrons. The molecule has 1 aromatic rings. The summed E-state index contributed by atoms with van der Waals surface area (Å²) in [5.74, 6) is 0.108. The predicted octanol–water partition coefficient (Wildman–Crippen LogP) is 0.972. The van der Waals surface area contributed by atoms with Gasteiger partial charge in [0.25, 0.3) is 0 Å². The third-order valence-corrected chi connectivity index (χ3v) is 3.55. The van der Waals surface area contributed by atoms with E-state index in [4.69, 9.17) is 4.74 Å². The van der Waals surface area contributed by atoms with Crippen LogP contribution in [0.3, 0.4) is 0 Å². The maximum atomic E-state index is 11.3. The van der Waals surface area contributed by atoms with Crippen LogP contribution in [0.1, 0.15) is 12.0 Å². The molecule has 2 aliphatic rings. The van der Waals surface area contributed by atoms with E-state index in [9.17, 15) is 4.79 Å². The number of nitrogens with one attached hydrogen (secondary N) is 3. The highest BCUT2D eigenvalue weighted by Crippen LogP contribution is 2.25. The second-order valence-electron chi connectivity index (χ2n) is 5.03. The Kier molecular flexibility index (Phi) is 3.66. The van der Waals surface area contributed by atoms with Crippen LogP contribution in [0, 0.1) is 0 Å². The van der Waals surface area contributed by atoms with Gasteiger partial charge in [-0.2, -0.15) is 0 Å². The Balaban J connectivity index is 1.60. The Bertz CT molecular complexity index is 470. The molecule has 0 aromatic heterocycles. The van der Waals surface area contributed by atoms with Crippen molar-refractivity contribution in [2.75, 3.05) is 36.9 Å². The molecule has 2 aliphatic heterocycles. The minimum atomic E-state index is 0.108. The maximum absolute atomic E-state index is 11.3. The summed E-state index contributed by atoms with van der Waals surface area (Å²) < 4.78 is 5.42. The first-order valence-corrected chi connectivity index (χ1v) is 6.79. The van der Waals surface area contributed by atoms with Gasteiger partial charge in [-0.3, -0.25) is 4.79 Å². The van der Waals surface area contributed by atoms with Crippen LogP contribution in [0.5, 0.6) is 0 Å². The quantitative estimate of drug-likeness (QED) is 0.759. The highest BCUT2D eigenvalue weighted by atomic mass is 16.5. The molecule has 5 heteroatoms. The molecular weight excluding hydrogens is 242 g/mol. The molecule has 0 bridgehead atoms. The fourth-order valence-corrected chi connectivity index (χ4v) is 2.49. The molecule has 19 heavy (non-hydrogen) atoms. The lowest BCUT2D eigenvalue weighted by molar-refractivity contribution is -0.116. The Hall–Kier alpha value is -1.59. The molecule has 1 unspecified atom stereocenters. The lowest BCUT2D eigenvalue weighted by atomic mass is 10.0. The summed E-state index contributed by atoms with van der Waals surface area (Å²) in [5, 5.41) is 9.73. The SMILES string of the molecule is O=C1CCc2cc(NCC3COCCN3)ccc2N1. The van der Waals surface area contributed by atoms with Crippen LogP contribution in [0.4, 0.5) is 11.4 Å². The zero-order valence-corrected chi connectivity index (χ0v) is 10.9. The van der Waals surface area contributed by atoms with Crippen LogP contribution in [0.15, 0.2) is 18.2 Å². The summed E-state index contributed by atoms with van der Waals surface area (Å²) in [6.45, 7) is 3.33. The van der Waals surface area contributed by atoms with Gasteiger partial charge < -0.3 is 20.7 Å². The number of carbonyl (C=O) groups excluding carboxylic acids is 1. The summed E-state index contributed by atoms with van der Waals surface area (Å²) in [6, 6.07) is 6.47. The van der Waals surface area contributed by atoms with Gasteiger partial charge in [0.05, 0.1) is 13.2 Å². The van der Waals surface area contributed by atoms with Crippen molar-refractivity contribution in [1.82, 2.24) is 5.32 Å². The largest absolute Gasteiger partial charge is 0.383 e. The second kappa shape index (κ2) is 5.59. The van der Waals surface area contributed by atoms with Gasteiger partial charge in [-0.05, 0) is 30.2 Å². The van der Waals surface area contributed by atoms with Crippen LogP contribution < -0.4 is 16.0 Å². The normalized spacial score (nSPS) is 22.5. The molecule has 3 rings (SSSR count). The van der Waals surface area contributed by atoms with E-state index in [1.807, 2.05) is 12.1 Å². The smallest absolute Gasteiger partial charge is 0.224 e. The summed E-state index contributed by atoms with van der Waals surface area (Å²) in [7, 11) is 0. The van der Waals surface area contributed by atoms with Crippen LogP contribution in [-0.2, 0) is 16.0 Å². The molecule has 2 heterocycles. The first-order valence-electron chi connectivity index (χ1n) is 6.79. The molecule has 0 radical (unpaired) electrons. The Labute approximate surface area is 112 Å². The van der Waals surface area contributed by atoms with Gasteiger partial charge in [0.2, 0.25) is 5.91 Å². The van der Waals surface area contributed by atoms with E-state index in [1.54, 1.807) is 0 Å². The fourth-order valence-electron chi connectivity index (χ4n) is 2.49. The number of fused-ring (bicyclic) bond motifs is 1. The van der Waals surface area contributed by atoms with Crippen LogP contribution in [0.2, 0.25) is 0 Å². The number of hydrogen-bond acceptors (Lipinski definition) is 4. The van der Waals surface area contributed by atoms with Gasteiger partial charge in [-0.15, -0.1) is 0 Å². The Morgan fingerprint density at radius 2 is 2.32 bits per heavy atom. The van der Waals surface area contributed by atoms with Crippen LogP contribution >= 0.6 is 0 Å². The number of ether oxygens (including phenoxy) is 1. The van der Waals surface area contributed by atoms with Gasteiger partial charge in [-0.1, -0.05) is 0 Å². The number of aryl methyl sites for hydroxylation is 1. The van der Waals surface area contributed by atoms with Crippen molar-refractivity contribution in [3.05, 3.63) is 23.8 Å². The average molecular weight is 261 g/mol. The van der Waals surface area contributed by atoms with Gasteiger partial charge in [-0.25, -0.2) is 0 Å². The number of hydrogen-bond donors (Lipinski definition) is 3. The molecule has 0 spiro atoms. The van der Waals surface area contributed by atoms with Gasteiger partial charge in [0.1, 0.15) is 0 Å². The highest BCUT2D eigenvalue weighted by molar-refractivity contribution is 5.94. The average Bonchev–Trinajstić information content (AvgIpc) is 2.46. The third-order valence-electron chi connectivity index (χ3n) is 3.55. The number of rotatable bonds is 3. The van der Waals surface area contributed by atoms with Gasteiger partial charge >= 0.3 is 0 Å². The van der Waals surface area contributed by atoms with E-state index < -0.39 is 0 Å². The first-order chi connectivity index (χ1) is 9.31. The van der Waals surface area contributed by atoms with E-state index in [-0.39, 0.29) is 5.91 Å².